The maximum atomic E-state index is 11.7. The van der Waals surface area contributed by atoms with Crippen molar-refractivity contribution in [1.29, 1.82) is 0 Å². The molecule has 1 fully saturated rings. The molecule has 17 heavy (non-hydrogen) atoms. The summed E-state index contributed by atoms with van der Waals surface area (Å²) in [5.74, 6) is 0. The normalized spacial score (nSPS) is 17.3. The van der Waals surface area contributed by atoms with Crippen molar-refractivity contribution in [2.45, 2.75) is 23.3 Å². The van der Waals surface area contributed by atoms with Crippen molar-refractivity contribution in [2.75, 3.05) is 6.26 Å². The van der Waals surface area contributed by atoms with Crippen LogP contribution in [0.15, 0.2) is 32.6 Å². The summed E-state index contributed by atoms with van der Waals surface area (Å²) in [4.78, 5) is 14.4. The highest BCUT2D eigenvalue weighted by atomic mass is 79.9. The molecular weight excluding hydrogens is 306 g/mol. The highest BCUT2D eigenvalue weighted by Gasteiger charge is 2.48. The first-order chi connectivity index (χ1) is 7.91. The summed E-state index contributed by atoms with van der Waals surface area (Å²) < 4.78 is 24.1. The van der Waals surface area contributed by atoms with Crippen molar-refractivity contribution in [1.82, 2.24) is 0 Å². The molecule has 6 heteroatoms. The largest absolute Gasteiger partial charge is 0.235 e. The van der Waals surface area contributed by atoms with Gasteiger partial charge in [0.25, 0.3) is 0 Å². The highest BCUT2D eigenvalue weighted by Crippen LogP contribution is 2.53. The molecule has 0 atom stereocenters. The first-order valence-corrected chi connectivity index (χ1v) is 7.67. The lowest BCUT2D eigenvalue weighted by molar-refractivity contribution is 0.554. The first-order valence-electron chi connectivity index (χ1n) is 4.99. The first kappa shape index (κ1) is 12.5. The number of hydrogen-bond donors (Lipinski definition) is 0. The van der Waals surface area contributed by atoms with Gasteiger partial charge in [0, 0.05) is 16.3 Å². The van der Waals surface area contributed by atoms with Gasteiger partial charge in [-0.15, -0.1) is 0 Å². The maximum Gasteiger partial charge on any atom is 0.235 e. The zero-order chi connectivity index (χ0) is 12.7. The molecule has 90 valence electrons. The van der Waals surface area contributed by atoms with Crippen LogP contribution in [0.3, 0.4) is 0 Å². The fourth-order valence-electron chi connectivity index (χ4n) is 1.89. The van der Waals surface area contributed by atoms with Crippen molar-refractivity contribution in [3.05, 3.63) is 28.2 Å². The predicted octanol–water partition coefficient (Wildman–Crippen LogP) is 2.18. The predicted molar refractivity (Wildman–Crippen MR) is 66.3 cm³/mol. The lowest BCUT2D eigenvalue weighted by Crippen LogP contribution is -2.11. The van der Waals surface area contributed by atoms with E-state index < -0.39 is 15.4 Å². The third-order valence-corrected chi connectivity index (χ3v) is 4.62. The van der Waals surface area contributed by atoms with Crippen LogP contribution in [0.25, 0.3) is 0 Å². The minimum Gasteiger partial charge on any atom is -0.224 e. The molecule has 1 saturated carbocycles. The molecule has 0 aliphatic heterocycles. The van der Waals surface area contributed by atoms with Crippen LogP contribution in [0, 0.1) is 0 Å². The second kappa shape index (κ2) is 4.05. The molecule has 0 N–H and O–H groups in total. The monoisotopic (exact) mass is 315 g/mol. The summed E-state index contributed by atoms with van der Waals surface area (Å²) in [7, 11) is -3.34. The minimum absolute atomic E-state index is 0.225. The van der Waals surface area contributed by atoms with Crippen LogP contribution in [-0.4, -0.2) is 20.8 Å². The van der Waals surface area contributed by atoms with Gasteiger partial charge < -0.3 is 0 Å². The zero-order valence-electron chi connectivity index (χ0n) is 9.10. The molecule has 0 spiro atoms. The van der Waals surface area contributed by atoms with Crippen molar-refractivity contribution >= 4 is 31.8 Å². The summed E-state index contributed by atoms with van der Waals surface area (Å²) in [6, 6.07) is 4.95. The average Bonchev–Trinajstić information content (AvgIpc) is 2.97. The van der Waals surface area contributed by atoms with Gasteiger partial charge in [-0.05, 0) is 25.0 Å². The topological polar surface area (TPSA) is 63.6 Å². The van der Waals surface area contributed by atoms with Crippen molar-refractivity contribution in [3.63, 3.8) is 0 Å². The van der Waals surface area contributed by atoms with Crippen molar-refractivity contribution in [3.8, 4) is 0 Å². The van der Waals surface area contributed by atoms with E-state index in [2.05, 4.69) is 20.9 Å². The number of carbonyl (C=O) groups excluding carboxylic acids is 1. The van der Waals surface area contributed by atoms with Gasteiger partial charge in [-0.25, -0.2) is 13.2 Å². The summed E-state index contributed by atoms with van der Waals surface area (Å²) in [6.45, 7) is 0. The van der Waals surface area contributed by atoms with Crippen molar-refractivity contribution in [2.24, 2.45) is 4.99 Å². The molecule has 0 amide bonds. The molecule has 0 aromatic heterocycles. The van der Waals surface area contributed by atoms with Gasteiger partial charge in [-0.3, -0.25) is 0 Å². The quantitative estimate of drug-likeness (QED) is 0.634. The third-order valence-electron chi connectivity index (χ3n) is 2.82. The lowest BCUT2D eigenvalue weighted by atomic mass is 10.1. The summed E-state index contributed by atoms with van der Waals surface area (Å²) in [6.07, 6.45) is 4.03. The fraction of sp³-hybridized carbons (Fsp3) is 0.364. The van der Waals surface area contributed by atoms with E-state index in [0.717, 1.165) is 6.26 Å². The number of rotatable bonds is 3. The van der Waals surface area contributed by atoms with Crippen LogP contribution in [0.1, 0.15) is 18.4 Å². The molecule has 0 radical (unpaired) electrons. The Hall–Kier alpha value is -0.970. The lowest BCUT2D eigenvalue weighted by Gasteiger charge is -2.15. The standard InChI is InChI=1S/C11H10BrNO3S/c1-17(15,16)9-4-2-3-8(12)10(9)11(5-6-11)13-7-14/h2-4H,5-6H2,1H3. The Morgan fingerprint density at radius 3 is 2.53 bits per heavy atom. The van der Waals surface area contributed by atoms with Gasteiger partial charge in [-0.2, -0.15) is 4.99 Å². The van der Waals surface area contributed by atoms with E-state index in [4.69, 9.17) is 0 Å². The number of isocyanates is 1. The van der Waals surface area contributed by atoms with Crippen LogP contribution < -0.4 is 0 Å². The van der Waals surface area contributed by atoms with Gasteiger partial charge in [0.15, 0.2) is 9.84 Å². The molecule has 0 heterocycles. The maximum absolute atomic E-state index is 11.7. The second-order valence-corrected chi connectivity index (χ2v) is 6.96. The molecule has 2 rings (SSSR count). The Balaban J connectivity index is 2.73. The molecule has 1 aliphatic rings. The van der Waals surface area contributed by atoms with Crippen LogP contribution >= 0.6 is 15.9 Å². The SMILES string of the molecule is CS(=O)(=O)c1cccc(Br)c1C1(N=C=O)CC1. The van der Waals surface area contributed by atoms with Crippen molar-refractivity contribution < 1.29 is 13.2 Å². The van der Waals surface area contributed by atoms with Gasteiger partial charge in [-0.1, -0.05) is 22.0 Å². The highest BCUT2D eigenvalue weighted by molar-refractivity contribution is 9.10. The Bertz CT molecular complexity index is 614. The fourth-order valence-corrected chi connectivity index (χ4v) is 3.75. The third kappa shape index (κ3) is 2.20. The number of aliphatic imine (C=N–C) groups is 1. The van der Waals surface area contributed by atoms with Gasteiger partial charge in [0.1, 0.15) is 5.54 Å². The molecule has 1 aromatic carbocycles. The molecule has 0 bridgehead atoms. The van der Waals surface area contributed by atoms with Gasteiger partial charge in [0.05, 0.1) is 4.90 Å². The van der Waals surface area contributed by atoms with Crippen LogP contribution in [0.5, 0.6) is 0 Å². The Morgan fingerprint density at radius 1 is 1.41 bits per heavy atom. The van der Waals surface area contributed by atoms with E-state index >= 15 is 0 Å². The molecule has 0 unspecified atom stereocenters. The van der Waals surface area contributed by atoms with Crippen LogP contribution in [-0.2, 0) is 20.2 Å². The number of hydrogen-bond acceptors (Lipinski definition) is 4. The number of nitrogens with zero attached hydrogens (tertiary/aromatic N) is 1. The molecule has 0 saturated heterocycles. The average molecular weight is 316 g/mol. The van der Waals surface area contributed by atoms with E-state index in [1.54, 1.807) is 12.1 Å². The minimum atomic E-state index is -3.34. The van der Waals surface area contributed by atoms with Crippen LogP contribution in [0.4, 0.5) is 0 Å². The number of sulfone groups is 1. The van der Waals surface area contributed by atoms with E-state index in [0.29, 0.717) is 22.9 Å². The molecule has 1 aromatic rings. The van der Waals surface area contributed by atoms with Gasteiger partial charge >= 0.3 is 0 Å². The Morgan fingerprint density at radius 2 is 2.06 bits per heavy atom. The zero-order valence-corrected chi connectivity index (χ0v) is 11.5. The Labute approximate surface area is 108 Å². The molecule has 1 aliphatic carbocycles. The number of halogens is 1. The molecule has 4 nitrogen and oxygen atoms in total. The number of benzene rings is 1. The summed E-state index contributed by atoms with van der Waals surface area (Å²) >= 11 is 3.33. The second-order valence-electron chi connectivity index (χ2n) is 4.12. The summed E-state index contributed by atoms with van der Waals surface area (Å²) in [5.41, 5.74) is -0.119. The Kier molecular flexibility index (Phi) is 2.97. The van der Waals surface area contributed by atoms with E-state index in [9.17, 15) is 13.2 Å². The summed E-state index contributed by atoms with van der Waals surface area (Å²) in [5, 5.41) is 0. The van der Waals surface area contributed by atoms with Crippen LogP contribution in [0.2, 0.25) is 0 Å². The van der Waals surface area contributed by atoms with Gasteiger partial charge in [0.2, 0.25) is 6.08 Å². The van der Waals surface area contributed by atoms with E-state index in [1.165, 1.54) is 12.1 Å². The van der Waals surface area contributed by atoms with E-state index in [-0.39, 0.29) is 4.90 Å². The molecular formula is C11H10BrNO3S. The smallest absolute Gasteiger partial charge is 0.224 e. The van der Waals surface area contributed by atoms with E-state index in [1.807, 2.05) is 0 Å².